The molecule has 2 heteroatoms. The highest BCUT2D eigenvalue weighted by molar-refractivity contribution is 5.05. The van der Waals surface area contributed by atoms with Gasteiger partial charge in [0.15, 0.2) is 0 Å². The SMILES string of the molecule is CCCCCCC/C=C/CCc1ccccn1.CCCCCCCC/C=C/CCc1ccccn1. The van der Waals surface area contributed by atoms with Gasteiger partial charge < -0.3 is 0 Å². The van der Waals surface area contributed by atoms with Gasteiger partial charge in [-0.25, -0.2) is 0 Å². The smallest absolute Gasteiger partial charge is 0.0406 e. The van der Waals surface area contributed by atoms with Crippen LogP contribution in [0.1, 0.15) is 122 Å². The third-order valence-electron chi connectivity index (χ3n) is 6.12. The molecule has 0 radical (unpaired) electrons. The van der Waals surface area contributed by atoms with Crippen LogP contribution in [0.3, 0.4) is 0 Å². The lowest BCUT2D eigenvalue weighted by atomic mass is 10.1. The number of unbranched alkanes of at least 4 members (excludes halogenated alkanes) is 11. The van der Waals surface area contributed by atoms with E-state index in [4.69, 9.17) is 0 Å². The van der Waals surface area contributed by atoms with E-state index in [0.29, 0.717) is 0 Å². The lowest BCUT2D eigenvalue weighted by Crippen LogP contribution is -1.86. The Bertz CT molecular complexity index is 721. The maximum Gasteiger partial charge on any atom is 0.0406 e. The van der Waals surface area contributed by atoms with Crippen LogP contribution in [0.15, 0.2) is 73.1 Å². The standard InChI is InChI=1S/C17H27N.C16H25N/c1-2-3-4-5-6-7-8-9-10-11-14-17-15-12-13-16-18-17;1-2-3-4-5-6-7-8-9-10-13-16-14-11-12-15-17-16/h9-10,12-13,15-16H,2-8,11,14H2,1H3;8-9,11-12,14-15H,2-7,10,13H2,1H3/b10-9+;9-8+. The number of aryl methyl sites for hydroxylation is 2. The Hall–Kier alpha value is -2.22. The lowest BCUT2D eigenvalue weighted by molar-refractivity contribution is 0.611. The Morgan fingerprint density at radius 1 is 0.486 bits per heavy atom. The number of rotatable bonds is 19. The molecule has 0 aromatic carbocycles. The van der Waals surface area contributed by atoms with Crippen molar-refractivity contribution in [1.82, 2.24) is 9.97 Å². The minimum atomic E-state index is 1.06. The quantitative estimate of drug-likeness (QED) is 0.149. The summed E-state index contributed by atoms with van der Waals surface area (Å²) in [6, 6.07) is 12.2. The molecule has 0 saturated heterocycles. The number of hydrogen-bond donors (Lipinski definition) is 0. The molecule has 0 atom stereocenters. The van der Waals surface area contributed by atoms with Crippen LogP contribution in [0, 0.1) is 0 Å². The fourth-order valence-corrected chi connectivity index (χ4v) is 3.93. The molecule has 2 aromatic rings. The molecule has 2 aromatic heterocycles. The Morgan fingerprint density at radius 3 is 1.29 bits per heavy atom. The van der Waals surface area contributed by atoms with Crippen LogP contribution in [0.2, 0.25) is 0 Å². The summed E-state index contributed by atoms with van der Waals surface area (Å²) < 4.78 is 0. The zero-order valence-corrected chi connectivity index (χ0v) is 22.8. The van der Waals surface area contributed by atoms with Crippen molar-refractivity contribution in [3.8, 4) is 0 Å². The fourth-order valence-electron chi connectivity index (χ4n) is 3.93. The first kappa shape index (κ1) is 30.8. The highest BCUT2D eigenvalue weighted by Gasteiger charge is 1.91. The van der Waals surface area contributed by atoms with Crippen LogP contribution in [-0.4, -0.2) is 9.97 Å². The minimum Gasteiger partial charge on any atom is -0.261 e. The second kappa shape index (κ2) is 24.9. The van der Waals surface area contributed by atoms with Crippen LogP contribution >= 0.6 is 0 Å². The predicted octanol–water partition coefficient (Wildman–Crippen LogP) is 10.3. The summed E-state index contributed by atoms with van der Waals surface area (Å²) in [4.78, 5) is 8.63. The van der Waals surface area contributed by atoms with Crippen molar-refractivity contribution in [1.29, 1.82) is 0 Å². The van der Waals surface area contributed by atoms with Crippen LogP contribution in [0.4, 0.5) is 0 Å². The molecule has 2 heterocycles. The Balaban J connectivity index is 0.000000351. The molecule has 0 fully saturated rings. The van der Waals surface area contributed by atoms with Crippen LogP contribution in [0.5, 0.6) is 0 Å². The zero-order valence-electron chi connectivity index (χ0n) is 22.8. The normalized spacial score (nSPS) is 11.1. The molecule has 0 N–H and O–H groups in total. The van der Waals surface area contributed by atoms with E-state index in [1.54, 1.807) is 0 Å². The van der Waals surface area contributed by atoms with Crippen molar-refractivity contribution in [3.05, 3.63) is 84.5 Å². The van der Waals surface area contributed by atoms with Crippen molar-refractivity contribution in [2.24, 2.45) is 0 Å². The van der Waals surface area contributed by atoms with Crippen LogP contribution in [-0.2, 0) is 12.8 Å². The highest BCUT2D eigenvalue weighted by atomic mass is 14.7. The molecule has 0 unspecified atom stereocenters. The first-order chi connectivity index (χ1) is 17.4. The number of nitrogens with zero attached hydrogens (tertiary/aromatic N) is 2. The van der Waals surface area contributed by atoms with Crippen molar-refractivity contribution in [2.45, 2.75) is 123 Å². The lowest BCUT2D eigenvalue weighted by Gasteiger charge is -1.98. The molecule has 0 aliphatic heterocycles. The molecule has 35 heavy (non-hydrogen) atoms. The van der Waals surface area contributed by atoms with Crippen molar-refractivity contribution < 1.29 is 0 Å². The average Bonchev–Trinajstić information content (AvgIpc) is 2.90. The van der Waals surface area contributed by atoms with E-state index >= 15 is 0 Å². The second-order valence-electron chi connectivity index (χ2n) is 9.42. The molecule has 2 rings (SSSR count). The van der Waals surface area contributed by atoms with Gasteiger partial charge in [0.1, 0.15) is 0 Å². The molecule has 0 aliphatic rings. The third kappa shape index (κ3) is 20.8. The first-order valence-corrected chi connectivity index (χ1v) is 14.5. The number of allylic oxidation sites excluding steroid dienone is 4. The molecule has 0 saturated carbocycles. The average molecular weight is 477 g/mol. The predicted molar refractivity (Wildman–Crippen MR) is 155 cm³/mol. The van der Waals surface area contributed by atoms with Gasteiger partial charge in [-0.3, -0.25) is 9.97 Å². The van der Waals surface area contributed by atoms with Gasteiger partial charge in [0.25, 0.3) is 0 Å². The molecule has 0 spiro atoms. The van der Waals surface area contributed by atoms with Gasteiger partial charge in [-0.1, -0.05) is 108 Å². The van der Waals surface area contributed by atoms with Crippen LogP contribution < -0.4 is 0 Å². The van der Waals surface area contributed by atoms with E-state index in [2.05, 4.69) is 72.4 Å². The van der Waals surface area contributed by atoms with Gasteiger partial charge in [-0.05, 0) is 75.6 Å². The first-order valence-electron chi connectivity index (χ1n) is 14.5. The van der Waals surface area contributed by atoms with Crippen LogP contribution in [0.25, 0.3) is 0 Å². The molecule has 0 amide bonds. The van der Waals surface area contributed by atoms with Crippen molar-refractivity contribution in [2.75, 3.05) is 0 Å². The Kier molecular flexibility index (Phi) is 21.9. The summed E-state index contributed by atoms with van der Waals surface area (Å²) in [5.74, 6) is 0. The second-order valence-corrected chi connectivity index (χ2v) is 9.42. The molecule has 0 aliphatic carbocycles. The van der Waals surface area contributed by atoms with E-state index < -0.39 is 0 Å². The summed E-state index contributed by atoms with van der Waals surface area (Å²) in [6.45, 7) is 4.53. The van der Waals surface area contributed by atoms with E-state index in [1.807, 2.05) is 24.5 Å². The van der Waals surface area contributed by atoms with Crippen molar-refractivity contribution in [3.63, 3.8) is 0 Å². The van der Waals surface area contributed by atoms with Gasteiger partial charge in [-0.2, -0.15) is 0 Å². The largest absolute Gasteiger partial charge is 0.261 e. The summed E-state index contributed by atoms with van der Waals surface area (Å²) in [6.07, 6.45) is 35.0. The van der Waals surface area contributed by atoms with E-state index in [9.17, 15) is 0 Å². The van der Waals surface area contributed by atoms with E-state index in [-0.39, 0.29) is 0 Å². The Labute approximate surface area is 217 Å². The molecule has 2 nitrogen and oxygen atoms in total. The summed E-state index contributed by atoms with van der Waals surface area (Å²) in [5.41, 5.74) is 2.39. The van der Waals surface area contributed by atoms with Gasteiger partial charge in [0, 0.05) is 23.8 Å². The maximum atomic E-state index is 4.32. The number of pyridine rings is 2. The molecular weight excluding hydrogens is 424 g/mol. The Morgan fingerprint density at radius 2 is 0.886 bits per heavy atom. The zero-order chi connectivity index (χ0) is 25.1. The summed E-state index contributed by atoms with van der Waals surface area (Å²) >= 11 is 0. The number of aromatic nitrogens is 2. The maximum absolute atomic E-state index is 4.32. The van der Waals surface area contributed by atoms with Gasteiger partial charge >= 0.3 is 0 Å². The molecule has 194 valence electrons. The summed E-state index contributed by atoms with van der Waals surface area (Å²) in [5, 5.41) is 0. The van der Waals surface area contributed by atoms with Gasteiger partial charge in [-0.15, -0.1) is 0 Å². The third-order valence-corrected chi connectivity index (χ3v) is 6.12. The van der Waals surface area contributed by atoms with Gasteiger partial charge in [0.2, 0.25) is 0 Å². The van der Waals surface area contributed by atoms with Gasteiger partial charge in [0.05, 0.1) is 0 Å². The topological polar surface area (TPSA) is 25.8 Å². The number of hydrogen-bond acceptors (Lipinski definition) is 2. The fraction of sp³-hybridized carbons (Fsp3) is 0.576. The highest BCUT2D eigenvalue weighted by Crippen LogP contribution is 2.08. The minimum absolute atomic E-state index is 1.06. The van der Waals surface area contributed by atoms with E-state index in [1.165, 1.54) is 94.9 Å². The summed E-state index contributed by atoms with van der Waals surface area (Å²) in [7, 11) is 0. The molecular formula is C33H52N2. The molecule has 0 bridgehead atoms. The van der Waals surface area contributed by atoms with Crippen molar-refractivity contribution >= 4 is 0 Å². The van der Waals surface area contributed by atoms with E-state index in [0.717, 1.165) is 25.7 Å². The monoisotopic (exact) mass is 476 g/mol.